The fourth-order valence-electron chi connectivity index (χ4n) is 1.97. The van der Waals surface area contributed by atoms with Crippen LogP contribution in [-0.4, -0.2) is 51.7 Å². The standard InChI is InChI=1S/C15H24N2O4S/c1-6-17(7-2)15(18)12(3)21-14-10-8-13(9-11-14)16(4)22(5,19)20/h8-12H,6-7H2,1-5H3/t12-/m1/s1. The highest BCUT2D eigenvalue weighted by Crippen LogP contribution is 2.21. The Balaban J connectivity index is 2.78. The number of rotatable bonds is 7. The smallest absolute Gasteiger partial charge is 0.263 e. The van der Waals surface area contributed by atoms with Crippen LogP contribution in [0.1, 0.15) is 20.8 Å². The number of hydrogen-bond acceptors (Lipinski definition) is 4. The third kappa shape index (κ3) is 4.62. The summed E-state index contributed by atoms with van der Waals surface area (Å²) in [6.07, 6.45) is 0.556. The van der Waals surface area contributed by atoms with Crippen LogP contribution in [-0.2, 0) is 14.8 Å². The van der Waals surface area contributed by atoms with E-state index in [1.165, 1.54) is 11.4 Å². The van der Waals surface area contributed by atoms with Gasteiger partial charge in [0.15, 0.2) is 6.10 Å². The van der Waals surface area contributed by atoms with E-state index in [1.54, 1.807) is 36.1 Å². The van der Waals surface area contributed by atoms with Gasteiger partial charge in [-0.15, -0.1) is 0 Å². The number of hydrogen-bond donors (Lipinski definition) is 0. The minimum atomic E-state index is -3.29. The van der Waals surface area contributed by atoms with Crippen LogP contribution in [0.2, 0.25) is 0 Å². The molecule has 1 atom stereocenters. The predicted molar refractivity (Wildman–Crippen MR) is 87.7 cm³/mol. The summed E-state index contributed by atoms with van der Waals surface area (Å²) in [5.41, 5.74) is 0.539. The monoisotopic (exact) mass is 328 g/mol. The number of nitrogens with zero attached hydrogens (tertiary/aromatic N) is 2. The molecular formula is C15H24N2O4S. The van der Waals surface area contributed by atoms with Crippen molar-refractivity contribution in [3.05, 3.63) is 24.3 Å². The molecule has 0 heterocycles. The Bertz CT molecular complexity index is 594. The molecule has 0 unspecified atom stereocenters. The molecule has 0 saturated heterocycles. The molecule has 0 N–H and O–H groups in total. The Labute approximate surface area is 132 Å². The summed E-state index contributed by atoms with van der Waals surface area (Å²) >= 11 is 0. The lowest BCUT2D eigenvalue weighted by atomic mass is 10.3. The van der Waals surface area contributed by atoms with E-state index in [0.29, 0.717) is 24.5 Å². The van der Waals surface area contributed by atoms with Gasteiger partial charge >= 0.3 is 0 Å². The maximum absolute atomic E-state index is 12.1. The number of sulfonamides is 1. The summed E-state index contributed by atoms with van der Waals surface area (Å²) in [5.74, 6) is 0.459. The fraction of sp³-hybridized carbons (Fsp3) is 0.533. The van der Waals surface area contributed by atoms with Crippen molar-refractivity contribution < 1.29 is 17.9 Å². The number of ether oxygens (including phenoxy) is 1. The Morgan fingerprint density at radius 1 is 1.18 bits per heavy atom. The molecule has 6 nitrogen and oxygen atoms in total. The second-order valence-electron chi connectivity index (χ2n) is 4.99. The molecule has 7 heteroatoms. The van der Waals surface area contributed by atoms with Crippen molar-refractivity contribution >= 4 is 21.6 Å². The Morgan fingerprint density at radius 3 is 2.09 bits per heavy atom. The van der Waals surface area contributed by atoms with Crippen LogP contribution >= 0.6 is 0 Å². The second-order valence-corrected chi connectivity index (χ2v) is 7.01. The number of benzene rings is 1. The molecule has 1 amide bonds. The molecule has 0 spiro atoms. The number of carbonyl (C=O) groups excluding carboxylic acids is 1. The molecule has 0 radical (unpaired) electrons. The van der Waals surface area contributed by atoms with E-state index >= 15 is 0 Å². The summed E-state index contributed by atoms with van der Waals surface area (Å²) < 4.78 is 29.7. The first-order valence-corrected chi connectivity index (χ1v) is 9.04. The van der Waals surface area contributed by atoms with Crippen LogP contribution in [0, 0.1) is 0 Å². The summed E-state index contributed by atoms with van der Waals surface area (Å²) in [6.45, 7) is 6.83. The zero-order valence-electron chi connectivity index (χ0n) is 13.7. The van der Waals surface area contributed by atoms with Crippen molar-refractivity contribution in [3.63, 3.8) is 0 Å². The van der Waals surface area contributed by atoms with Gasteiger partial charge in [-0.3, -0.25) is 9.10 Å². The van der Waals surface area contributed by atoms with Crippen LogP contribution in [0.5, 0.6) is 5.75 Å². The average molecular weight is 328 g/mol. The van der Waals surface area contributed by atoms with Gasteiger partial charge in [-0.2, -0.15) is 0 Å². The molecule has 124 valence electrons. The molecule has 0 aliphatic rings. The minimum Gasteiger partial charge on any atom is -0.481 e. The van der Waals surface area contributed by atoms with Gasteiger partial charge in [-0.05, 0) is 45.0 Å². The SMILES string of the molecule is CCN(CC)C(=O)[C@@H](C)Oc1ccc(N(C)S(C)(=O)=O)cc1. The highest BCUT2D eigenvalue weighted by Gasteiger charge is 2.20. The average Bonchev–Trinajstić information content (AvgIpc) is 2.47. The van der Waals surface area contributed by atoms with Crippen LogP contribution in [0.25, 0.3) is 0 Å². The molecule has 0 fully saturated rings. The van der Waals surface area contributed by atoms with Gasteiger partial charge in [0.1, 0.15) is 5.75 Å². The van der Waals surface area contributed by atoms with Crippen molar-refractivity contribution in [1.82, 2.24) is 4.90 Å². The van der Waals surface area contributed by atoms with Crippen molar-refractivity contribution in [2.24, 2.45) is 0 Å². The summed E-state index contributed by atoms with van der Waals surface area (Å²) in [7, 11) is -1.81. The predicted octanol–water partition coefficient (Wildman–Crippen LogP) is 1.72. The van der Waals surface area contributed by atoms with Crippen LogP contribution in [0.3, 0.4) is 0 Å². The summed E-state index contributed by atoms with van der Waals surface area (Å²) in [4.78, 5) is 13.8. The Morgan fingerprint density at radius 2 is 1.68 bits per heavy atom. The molecule has 22 heavy (non-hydrogen) atoms. The Kier molecular flexibility index (Phi) is 6.22. The van der Waals surface area contributed by atoms with E-state index in [0.717, 1.165) is 6.26 Å². The van der Waals surface area contributed by atoms with E-state index < -0.39 is 16.1 Å². The first-order valence-electron chi connectivity index (χ1n) is 7.20. The van der Waals surface area contributed by atoms with Gasteiger partial charge in [0.25, 0.3) is 5.91 Å². The summed E-state index contributed by atoms with van der Waals surface area (Å²) in [5, 5.41) is 0. The van der Waals surface area contributed by atoms with Gasteiger partial charge in [0.2, 0.25) is 10.0 Å². The van der Waals surface area contributed by atoms with Gasteiger partial charge < -0.3 is 9.64 Å². The fourth-order valence-corrected chi connectivity index (χ4v) is 2.48. The van der Waals surface area contributed by atoms with E-state index in [9.17, 15) is 13.2 Å². The van der Waals surface area contributed by atoms with Crippen molar-refractivity contribution in [2.75, 3.05) is 30.7 Å². The molecule has 0 aliphatic heterocycles. The normalized spacial score (nSPS) is 12.6. The minimum absolute atomic E-state index is 0.0673. The topological polar surface area (TPSA) is 66.9 Å². The van der Waals surface area contributed by atoms with Gasteiger partial charge in [-0.25, -0.2) is 8.42 Å². The number of likely N-dealkylation sites (N-methyl/N-ethyl adjacent to an activating group) is 1. The largest absolute Gasteiger partial charge is 0.481 e. The molecule has 0 aromatic heterocycles. The highest BCUT2D eigenvalue weighted by atomic mass is 32.2. The molecule has 0 aliphatic carbocycles. The number of amides is 1. The van der Waals surface area contributed by atoms with E-state index in [2.05, 4.69) is 0 Å². The van der Waals surface area contributed by atoms with Crippen molar-refractivity contribution in [2.45, 2.75) is 26.9 Å². The summed E-state index contributed by atoms with van der Waals surface area (Å²) in [6, 6.07) is 6.60. The molecule has 1 aromatic rings. The molecule has 0 saturated carbocycles. The van der Waals surface area contributed by atoms with Gasteiger partial charge in [-0.1, -0.05) is 0 Å². The lowest BCUT2D eigenvalue weighted by Crippen LogP contribution is -2.40. The zero-order valence-corrected chi connectivity index (χ0v) is 14.6. The van der Waals surface area contributed by atoms with Crippen LogP contribution in [0.4, 0.5) is 5.69 Å². The van der Waals surface area contributed by atoms with Crippen molar-refractivity contribution in [3.8, 4) is 5.75 Å². The first kappa shape index (κ1) is 18.3. The second kappa shape index (κ2) is 7.49. The van der Waals surface area contributed by atoms with E-state index in [4.69, 9.17) is 4.74 Å². The van der Waals surface area contributed by atoms with Crippen molar-refractivity contribution in [1.29, 1.82) is 0 Å². The molecular weight excluding hydrogens is 304 g/mol. The van der Waals surface area contributed by atoms with E-state index in [-0.39, 0.29) is 5.91 Å². The first-order chi connectivity index (χ1) is 10.2. The van der Waals surface area contributed by atoms with Crippen LogP contribution < -0.4 is 9.04 Å². The van der Waals surface area contributed by atoms with E-state index in [1.807, 2.05) is 13.8 Å². The zero-order chi connectivity index (χ0) is 16.9. The molecule has 1 aromatic carbocycles. The van der Waals surface area contributed by atoms with Gasteiger partial charge in [0.05, 0.1) is 11.9 Å². The third-order valence-corrected chi connectivity index (χ3v) is 4.64. The quantitative estimate of drug-likeness (QED) is 0.764. The maximum Gasteiger partial charge on any atom is 0.263 e. The number of anilines is 1. The Hall–Kier alpha value is -1.76. The van der Waals surface area contributed by atoms with Gasteiger partial charge in [0, 0.05) is 20.1 Å². The highest BCUT2D eigenvalue weighted by molar-refractivity contribution is 7.92. The number of carbonyl (C=O) groups is 1. The lowest BCUT2D eigenvalue weighted by molar-refractivity contribution is -0.137. The van der Waals surface area contributed by atoms with Crippen LogP contribution in [0.15, 0.2) is 24.3 Å². The third-order valence-electron chi connectivity index (χ3n) is 3.43. The maximum atomic E-state index is 12.1. The lowest BCUT2D eigenvalue weighted by Gasteiger charge is -2.23. The molecule has 0 bridgehead atoms. The molecule has 1 rings (SSSR count).